The molecule has 1 aliphatic heterocycles. The Morgan fingerprint density at radius 3 is 2.64 bits per heavy atom. The van der Waals surface area contributed by atoms with Crippen molar-refractivity contribution in [3.05, 3.63) is 29.8 Å². The molecule has 2 rings (SSSR count). The number of hydrogen-bond acceptors (Lipinski definition) is 1. The van der Waals surface area contributed by atoms with E-state index >= 15 is 0 Å². The highest BCUT2D eigenvalue weighted by Gasteiger charge is 2.35. The Morgan fingerprint density at radius 2 is 1.91 bits per heavy atom. The highest BCUT2D eigenvalue weighted by molar-refractivity contribution is 5.81. The van der Waals surface area contributed by atoms with Crippen molar-refractivity contribution in [1.82, 2.24) is 0 Å². The van der Waals surface area contributed by atoms with Crippen LogP contribution in [-0.2, 0) is 5.92 Å². The number of aliphatic imine (C=N–C) groups is 1. The number of nitrogens with zero attached hydrogens (tertiary/aromatic N) is 1. The Morgan fingerprint density at radius 1 is 1.18 bits per heavy atom. The van der Waals surface area contributed by atoms with Gasteiger partial charge in [-0.25, -0.2) is 0 Å². The minimum absolute atomic E-state index is 0.000000000000000444. The summed E-state index contributed by atoms with van der Waals surface area (Å²) in [6.45, 7) is 0. The summed E-state index contributed by atoms with van der Waals surface area (Å²) in [6, 6.07) is 6.24. The molecule has 1 aromatic rings. The maximum absolute atomic E-state index is 12.8. The lowest BCUT2D eigenvalue weighted by Gasteiger charge is -2.05. The molecule has 0 N–H and O–H groups in total. The van der Waals surface area contributed by atoms with Crippen LogP contribution in [0.15, 0.2) is 29.3 Å². The van der Waals surface area contributed by atoms with Crippen molar-refractivity contribution in [1.29, 1.82) is 0 Å². The highest BCUT2D eigenvalue weighted by Crippen LogP contribution is 2.38. The van der Waals surface area contributed by atoms with E-state index in [4.69, 9.17) is 0 Å². The van der Waals surface area contributed by atoms with Crippen LogP contribution in [0, 0.1) is 0 Å². The third kappa shape index (κ3) is 0.843. The van der Waals surface area contributed by atoms with Crippen molar-refractivity contribution in [3.63, 3.8) is 0 Å². The van der Waals surface area contributed by atoms with Gasteiger partial charge in [-0.15, -0.1) is 0 Å². The molecule has 1 heterocycles. The maximum atomic E-state index is 12.8. The van der Waals surface area contributed by atoms with Crippen molar-refractivity contribution in [2.45, 2.75) is 5.92 Å². The third-order valence-electron chi connectivity index (χ3n) is 1.63. The smallest absolute Gasteiger partial charge is 0.254 e. The Balaban J connectivity index is 2.64. The molecule has 0 saturated heterocycles. The Bertz CT molecular complexity index is 318. The number of para-hydroxylation sites is 1. The first-order valence-electron chi connectivity index (χ1n) is 3.23. The van der Waals surface area contributed by atoms with Crippen molar-refractivity contribution in [2.24, 2.45) is 4.99 Å². The molecule has 0 atom stereocenters. The van der Waals surface area contributed by atoms with Crippen molar-refractivity contribution < 1.29 is 8.78 Å². The SMILES string of the molecule is FC1(F)C=Nc2ccccc21. The van der Waals surface area contributed by atoms with Gasteiger partial charge in [-0.2, -0.15) is 8.78 Å². The van der Waals surface area contributed by atoms with E-state index in [1.165, 1.54) is 6.07 Å². The van der Waals surface area contributed by atoms with Gasteiger partial charge in [0.1, 0.15) is 0 Å². The van der Waals surface area contributed by atoms with Crippen LogP contribution >= 0.6 is 0 Å². The van der Waals surface area contributed by atoms with Crippen molar-refractivity contribution >= 4 is 11.9 Å². The number of halogens is 2. The molecule has 56 valence electrons. The van der Waals surface area contributed by atoms with Gasteiger partial charge < -0.3 is 0 Å². The molecule has 3 heteroatoms. The summed E-state index contributed by atoms with van der Waals surface area (Å²) in [6.07, 6.45) is 0.678. The van der Waals surface area contributed by atoms with Crippen molar-refractivity contribution in [2.75, 3.05) is 0 Å². The number of benzene rings is 1. The summed E-state index contributed by atoms with van der Waals surface area (Å²) in [7, 11) is 0. The Labute approximate surface area is 62.4 Å². The topological polar surface area (TPSA) is 12.4 Å². The number of fused-ring (bicyclic) bond motifs is 1. The summed E-state index contributed by atoms with van der Waals surface area (Å²) >= 11 is 0. The number of alkyl halides is 2. The Hall–Kier alpha value is -1.25. The van der Waals surface area contributed by atoms with Gasteiger partial charge in [-0.1, -0.05) is 18.2 Å². The molecule has 0 radical (unpaired) electrons. The van der Waals surface area contributed by atoms with Crippen LogP contribution in [0.4, 0.5) is 14.5 Å². The number of rotatable bonds is 0. The molecule has 0 amide bonds. The summed E-state index contributed by atoms with van der Waals surface area (Å²) in [4.78, 5) is 3.58. The fraction of sp³-hybridized carbons (Fsp3) is 0.125. The molecule has 11 heavy (non-hydrogen) atoms. The minimum Gasteiger partial charge on any atom is -0.254 e. The van der Waals surface area contributed by atoms with Gasteiger partial charge in [0.05, 0.1) is 17.5 Å². The van der Waals surface area contributed by atoms with Crippen LogP contribution in [-0.4, -0.2) is 6.21 Å². The maximum Gasteiger partial charge on any atom is 0.310 e. The molecule has 1 aromatic carbocycles. The van der Waals surface area contributed by atoms with Gasteiger partial charge >= 0.3 is 5.92 Å². The zero-order valence-corrected chi connectivity index (χ0v) is 5.59. The summed E-state index contributed by atoms with van der Waals surface area (Å²) in [5, 5.41) is 0. The van der Waals surface area contributed by atoms with E-state index in [9.17, 15) is 8.78 Å². The summed E-state index contributed by atoms with van der Waals surface area (Å²) in [5.41, 5.74) is 0.373. The summed E-state index contributed by atoms with van der Waals surface area (Å²) < 4.78 is 25.6. The first-order valence-corrected chi connectivity index (χ1v) is 3.23. The lowest BCUT2D eigenvalue weighted by atomic mass is 10.1. The van der Waals surface area contributed by atoms with E-state index in [0.717, 1.165) is 0 Å². The molecule has 0 fully saturated rings. The first-order chi connectivity index (χ1) is 5.20. The van der Waals surface area contributed by atoms with Crippen LogP contribution in [0.2, 0.25) is 0 Å². The standard InChI is InChI=1S/C8H5F2N/c9-8(10)5-11-7-4-2-1-3-6(7)8/h1-5H. The van der Waals surface area contributed by atoms with Crippen LogP contribution in [0.1, 0.15) is 5.56 Å². The molecule has 1 nitrogen and oxygen atoms in total. The molecule has 0 aliphatic carbocycles. The molecule has 0 spiro atoms. The molecule has 1 aliphatic rings. The second-order valence-electron chi connectivity index (χ2n) is 2.40. The van der Waals surface area contributed by atoms with E-state index in [0.29, 0.717) is 11.9 Å². The average Bonchev–Trinajstić information content (AvgIpc) is 2.29. The normalized spacial score (nSPS) is 18.4. The molecular formula is C8H5F2N. The monoisotopic (exact) mass is 153 g/mol. The molecule has 0 bridgehead atoms. The second kappa shape index (κ2) is 1.87. The lowest BCUT2D eigenvalue weighted by molar-refractivity contribution is 0.0862. The predicted molar refractivity (Wildman–Crippen MR) is 38.5 cm³/mol. The van der Waals surface area contributed by atoms with Gasteiger partial charge in [0.2, 0.25) is 0 Å². The van der Waals surface area contributed by atoms with Crippen molar-refractivity contribution in [3.8, 4) is 0 Å². The van der Waals surface area contributed by atoms with Crippen LogP contribution in [0.25, 0.3) is 0 Å². The minimum atomic E-state index is -2.86. The van der Waals surface area contributed by atoms with E-state index in [2.05, 4.69) is 4.99 Å². The van der Waals surface area contributed by atoms with E-state index in [1.54, 1.807) is 18.2 Å². The van der Waals surface area contributed by atoms with Gasteiger partial charge in [0, 0.05) is 0 Å². The predicted octanol–water partition coefficient (Wildman–Crippen LogP) is 2.49. The summed E-state index contributed by atoms with van der Waals surface area (Å²) in [5.74, 6) is -2.86. The fourth-order valence-corrected chi connectivity index (χ4v) is 1.09. The van der Waals surface area contributed by atoms with Gasteiger partial charge in [0.25, 0.3) is 0 Å². The quantitative estimate of drug-likeness (QED) is 0.543. The van der Waals surface area contributed by atoms with Crippen LogP contribution < -0.4 is 0 Å². The van der Waals surface area contributed by atoms with Gasteiger partial charge in [-0.05, 0) is 6.07 Å². The molecule has 0 saturated carbocycles. The second-order valence-corrected chi connectivity index (χ2v) is 2.40. The van der Waals surface area contributed by atoms with Gasteiger partial charge in [0.15, 0.2) is 0 Å². The third-order valence-corrected chi connectivity index (χ3v) is 1.63. The van der Waals surface area contributed by atoms with E-state index in [-0.39, 0.29) is 5.56 Å². The van der Waals surface area contributed by atoms with Gasteiger partial charge in [-0.3, -0.25) is 4.99 Å². The highest BCUT2D eigenvalue weighted by atomic mass is 19.3. The van der Waals surface area contributed by atoms with Crippen LogP contribution in [0.5, 0.6) is 0 Å². The Kier molecular flexibility index (Phi) is 1.10. The molecular weight excluding hydrogens is 148 g/mol. The fourth-order valence-electron chi connectivity index (χ4n) is 1.09. The molecule has 0 unspecified atom stereocenters. The zero-order valence-electron chi connectivity index (χ0n) is 5.59. The van der Waals surface area contributed by atoms with E-state index in [1.807, 2.05) is 0 Å². The average molecular weight is 153 g/mol. The lowest BCUT2D eigenvalue weighted by Crippen LogP contribution is -2.09. The first kappa shape index (κ1) is 6.46. The molecule has 0 aromatic heterocycles. The largest absolute Gasteiger partial charge is 0.310 e. The number of hydrogen-bond donors (Lipinski definition) is 0. The zero-order chi connectivity index (χ0) is 7.90. The van der Waals surface area contributed by atoms with Crippen LogP contribution in [0.3, 0.4) is 0 Å². The van der Waals surface area contributed by atoms with E-state index < -0.39 is 5.92 Å².